The molecule has 0 spiro atoms. The van der Waals surface area contributed by atoms with Crippen LogP contribution in [0.1, 0.15) is 16.9 Å². The zero-order valence-corrected chi connectivity index (χ0v) is 12.4. The summed E-state index contributed by atoms with van der Waals surface area (Å²) in [4.78, 5) is 14.3. The third-order valence-corrected chi connectivity index (χ3v) is 3.83. The van der Waals surface area contributed by atoms with E-state index in [9.17, 15) is 4.79 Å². The Morgan fingerprint density at radius 1 is 1.19 bits per heavy atom. The van der Waals surface area contributed by atoms with Crippen LogP contribution in [0, 0.1) is 0 Å². The summed E-state index contributed by atoms with van der Waals surface area (Å²) < 4.78 is 0. The fraction of sp³-hybridized carbons (Fsp3) is 0.333. The van der Waals surface area contributed by atoms with Gasteiger partial charge in [-0.2, -0.15) is 5.10 Å². The van der Waals surface area contributed by atoms with Gasteiger partial charge in [-0.1, -0.05) is 23.7 Å². The summed E-state index contributed by atoms with van der Waals surface area (Å²) >= 11 is 5.88. The fourth-order valence-corrected chi connectivity index (χ4v) is 2.54. The number of nitrogens with one attached hydrogen (secondary N) is 2. The zero-order valence-electron chi connectivity index (χ0n) is 11.6. The predicted octanol–water partition coefficient (Wildman–Crippen LogP) is 2.17. The highest BCUT2D eigenvalue weighted by atomic mass is 35.5. The van der Waals surface area contributed by atoms with Crippen LogP contribution in [0.4, 0.5) is 0 Å². The second-order valence-corrected chi connectivity index (χ2v) is 5.51. The predicted molar refractivity (Wildman–Crippen MR) is 82.4 cm³/mol. The molecule has 0 saturated carbocycles. The van der Waals surface area contributed by atoms with E-state index in [0.29, 0.717) is 10.7 Å². The number of rotatable bonds is 2. The van der Waals surface area contributed by atoms with E-state index in [1.165, 1.54) is 0 Å². The summed E-state index contributed by atoms with van der Waals surface area (Å²) in [6.07, 6.45) is 0.976. The summed E-state index contributed by atoms with van der Waals surface area (Å²) in [5.41, 5.74) is 2.22. The number of hydrogen-bond acceptors (Lipinski definition) is 3. The van der Waals surface area contributed by atoms with Crippen LogP contribution in [0.5, 0.6) is 0 Å². The molecule has 2 heterocycles. The van der Waals surface area contributed by atoms with Gasteiger partial charge < -0.3 is 10.2 Å². The van der Waals surface area contributed by atoms with Gasteiger partial charge in [-0.05, 0) is 31.2 Å². The number of aromatic nitrogens is 2. The van der Waals surface area contributed by atoms with Gasteiger partial charge >= 0.3 is 0 Å². The maximum Gasteiger partial charge on any atom is 0.271 e. The van der Waals surface area contributed by atoms with Gasteiger partial charge in [0, 0.05) is 30.2 Å². The molecule has 1 aliphatic heterocycles. The second kappa shape index (κ2) is 6.28. The summed E-state index contributed by atoms with van der Waals surface area (Å²) in [7, 11) is 0. The molecule has 1 amide bonds. The van der Waals surface area contributed by atoms with E-state index in [1.807, 2.05) is 29.2 Å². The summed E-state index contributed by atoms with van der Waals surface area (Å²) in [5, 5.41) is 11.0. The Hall–Kier alpha value is -1.85. The monoisotopic (exact) mass is 304 g/mol. The van der Waals surface area contributed by atoms with Crippen LogP contribution in [-0.4, -0.2) is 47.2 Å². The minimum atomic E-state index is 0.00594. The maximum atomic E-state index is 12.5. The minimum absolute atomic E-state index is 0.00594. The van der Waals surface area contributed by atoms with E-state index < -0.39 is 0 Å². The van der Waals surface area contributed by atoms with Gasteiger partial charge in [0.2, 0.25) is 0 Å². The summed E-state index contributed by atoms with van der Waals surface area (Å²) in [6, 6.07) is 9.20. The molecule has 0 radical (unpaired) electrons. The first kappa shape index (κ1) is 14.1. The Labute approximate surface area is 128 Å². The normalized spacial score (nSPS) is 15.8. The highest BCUT2D eigenvalue weighted by Gasteiger charge is 2.19. The lowest BCUT2D eigenvalue weighted by atomic mass is 10.1. The zero-order chi connectivity index (χ0) is 14.7. The van der Waals surface area contributed by atoms with Crippen molar-refractivity contribution in [2.75, 3.05) is 26.2 Å². The number of hydrogen-bond donors (Lipinski definition) is 2. The molecule has 1 aromatic carbocycles. The van der Waals surface area contributed by atoms with Crippen molar-refractivity contribution in [2.45, 2.75) is 6.42 Å². The van der Waals surface area contributed by atoms with Crippen molar-refractivity contribution >= 4 is 17.5 Å². The Morgan fingerprint density at radius 3 is 2.81 bits per heavy atom. The molecule has 1 saturated heterocycles. The van der Waals surface area contributed by atoms with Crippen molar-refractivity contribution < 1.29 is 4.79 Å². The Bertz CT molecular complexity index is 615. The molecule has 6 heteroatoms. The smallest absolute Gasteiger partial charge is 0.271 e. The SMILES string of the molecule is O=C(c1cc(-c2ccc(Cl)cc2)n[nH]1)N1CCCNCC1. The maximum absolute atomic E-state index is 12.5. The lowest BCUT2D eigenvalue weighted by molar-refractivity contribution is 0.0760. The molecule has 1 aromatic heterocycles. The highest BCUT2D eigenvalue weighted by Crippen LogP contribution is 2.20. The number of carbonyl (C=O) groups is 1. The topological polar surface area (TPSA) is 61.0 Å². The molecular formula is C15H17ClN4O. The first-order valence-electron chi connectivity index (χ1n) is 7.05. The van der Waals surface area contributed by atoms with Crippen LogP contribution in [0.25, 0.3) is 11.3 Å². The van der Waals surface area contributed by atoms with Crippen LogP contribution in [-0.2, 0) is 0 Å². The largest absolute Gasteiger partial charge is 0.336 e. The van der Waals surface area contributed by atoms with E-state index in [4.69, 9.17) is 11.6 Å². The molecule has 0 atom stereocenters. The number of H-pyrrole nitrogens is 1. The van der Waals surface area contributed by atoms with Gasteiger partial charge in [-0.15, -0.1) is 0 Å². The standard InChI is InChI=1S/C15H17ClN4O/c16-12-4-2-11(3-5-12)13-10-14(19-18-13)15(21)20-8-1-6-17-7-9-20/h2-5,10,17H,1,6-9H2,(H,18,19). The summed E-state index contributed by atoms with van der Waals surface area (Å²) in [6.45, 7) is 3.31. The number of carbonyl (C=O) groups excluding carboxylic acids is 1. The first-order valence-corrected chi connectivity index (χ1v) is 7.43. The second-order valence-electron chi connectivity index (χ2n) is 5.07. The molecule has 2 aromatic rings. The van der Waals surface area contributed by atoms with Gasteiger partial charge in [0.1, 0.15) is 5.69 Å². The molecule has 0 bridgehead atoms. The third kappa shape index (κ3) is 3.25. The van der Waals surface area contributed by atoms with Crippen LogP contribution < -0.4 is 5.32 Å². The van der Waals surface area contributed by atoms with E-state index in [1.54, 1.807) is 6.07 Å². The average molecular weight is 305 g/mol. The Kier molecular flexibility index (Phi) is 4.22. The van der Waals surface area contributed by atoms with Crippen molar-refractivity contribution in [2.24, 2.45) is 0 Å². The third-order valence-electron chi connectivity index (χ3n) is 3.58. The highest BCUT2D eigenvalue weighted by molar-refractivity contribution is 6.30. The van der Waals surface area contributed by atoms with Crippen LogP contribution >= 0.6 is 11.6 Å². The molecule has 1 fully saturated rings. The molecule has 3 rings (SSSR count). The number of amides is 1. The molecule has 0 aliphatic carbocycles. The van der Waals surface area contributed by atoms with Crippen LogP contribution in [0.15, 0.2) is 30.3 Å². The fourth-order valence-electron chi connectivity index (χ4n) is 2.42. The van der Waals surface area contributed by atoms with Crippen molar-refractivity contribution in [3.05, 3.63) is 41.0 Å². The Morgan fingerprint density at radius 2 is 2.00 bits per heavy atom. The minimum Gasteiger partial charge on any atom is -0.336 e. The van der Waals surface area contributed by atoms with Crippen molar-refractivity contribution in [1.29, 1.82) is 0 Å². The lowest BCUT2D eigenvalue weighted by Gasteiger charge is -2.18. The van der Waals surface area contributed by atoms with Crippen LogP contribution in [0.2, 0.25) is 5.02 Å². The molecule has 2 N–H and O–H groups in total. The van der Waals surface area contributed by atoms with E-state index in [0.717, 1.165) is 43.9 Å². The van der Waals surface area contributed by atoms with Gasteiger partial charge in [-0.25, -0.2) is 0 Å². The van der Waals surface area contributed by atoms with E-state index in [-0.39, 0.29) is 5.91 Å². The number of benzene rings is 1. The molecule has 1 aliphatic rings. The molecule has 5 nitrogen and oxygen atoms in total. The number of nitrogens with zero attached hydrogens (tertiary/aromatic N) is 2. The Balaban J connectivity index is 1.77. The molecular weight excluding hydrogens is 288 g/mol. The van der Waals surface area contributed by atoms with Gasteiger partial charge in [-0.3, -0.25) is 9.89 Å². The van der Waals surface area contributed by atoms with Crippen molar-refractivity contribution in [3.8, 4) is 11.3 Å². The van der Waals surface area contributed by atoms with E-state index in [2.05, 4.69) is 15.5 Å². The number of aromatic amines is 1. The molecule has 110 valence electrons. The summed E-state index contributed by atoms with van der Waals surface area (Å²) in [5.74, 6) is 0.00594. The van der Waals surface area contributed by atoms with Crippen molar-refractivity contribution in [1.82, 2.24) is 20.4 Å². The average Bonchev–Trinajstić information content (AvgIpc) is 2.83. The van der Waals surface area contributed by atoms with E-state index >= 15 is 0 Å². The molecule has 0 unspecified atom stereocenters. The van der Waals surface area contributed by atoms with Gasteiger partial charge in [0.15, 0.2) is 0 Å². The molecule has 21 heavy (non-hydrogen) atoms. The quantitative estimate of drug-likeness (QED) is 0.894. The van der Waals surface area contributed by atoms with Gasteiger partial charge in [0.05, 0.1) is 5.69 Å². The van der Waals surface area contributed by atoms with Crippen molar-refractivity contribution in [3.63, 3.8) is 0 Å². The first-order chi connectivity index (χ1) is 10.2. The van der Waals surface area contributed by atoms with Crippen LogP contribution in [0.3, 0.4) is 0 Å². The number of halogens is 1. The van der Waals surface area contributed by atoms with Gasteiger partial charge in [0.25, 0.3) is 5.91 Å². The lowest BCUT2D eigenvalue weighted by Crippen LogP contribution is -2.34.